The van der Waals surface area contributed by atoms with Gasteiger partial charge in [0.1, 0.15) is 0 Å². The van der Waals surface area contributed by atoms with Gasteiger partial charge in [-0.2, -0.15) is 4.98 Å². The highest BCUT2D eigenvalue weighted by Gasteiger charge is 2.13. The van der Waals surface area contributed by atoms with Gasteiger partial charge in [-0.15, -0.1) is 10.2 Å². The van der Waals surface area contributed by atoms with Gasteiger partial charge >= 0.3 is 0 Å². The fourth-order valence-electron chi connectivity index (χ4n) is 2.32. The van der Waals surface area contributed by atoms with Crippen LogP contribution in [0.5, 0.6) is 0 Å². The van der Waals surface area contributed by atoms with Gasteiger partial charge in [0, 0.05) is 16.1 Å². The number of hydrogen-bond acceptors (Lipinski definition) is 7. The number of aromatic nitrogens is 4. The fourth-order valence-corrected chi connectivity index (χ4v) is 3.04. The van der Waals surface area contributed by atoms with Crippen molar-refractivity contribution in [3.63, 3.8) is 0 Å². The van der Waals surface area contributed by atoms with Crippen molar-refractivity contribution in [1.29, 1.82) is 0 Å². The third-order valence-corrected chi connectivity index (χ3v) is 4.62. The van der Waals surface area contributed by atoms with Crippen LogP contribution in [-0.2, 0) is 5.75 Å². The predicted octanol–water partition coefficient (Wildman–Crippen LogP) is 5.04. The zero-order valence-electron chi connectivity index (χ0n) is 13.7. The van der Waals surface area contributed by atoms with Crippen LogP contribution in [0.1, 0.15) is 11.5 Å². The average Bonchev–Trinajstić information content (AvgIpc) is 3.30. The molecule has 4 aromatic rings. The minimum absolute atomic E-state index is 0.435. The minimum Gasteiger partial charge on any atom is -0.411 e. The summed E-state index contributed by atoms with van der Waals surface area (Å²) in [6.07, 6.45) is 0. The number of benzene rings is 2. The summed E-state index contributed by atoms with van der Waals surface area (Å²) in [4.78, 5) is 4.41. The molecule has 0 radical (unpaired) electrons. The van der Waals surface area contributed by atoms with E-state index in [1.54, 1.807) is 12.1 Å². The molecule has 0 aliphatic heterocycles. The normalized spacial score (nSPS) is 11.0. The van der Waals surface area contributed by atoms with E-state index in [0.29, 0.717) is 33.6 Å². The molecule has 4 rings (SSSR count). The highest BCUT2D eigenvalue weighted by atomic mass is 35.5. The first kappa shape index (κ1) is 16.8. The summed E-state index contributed by atoms with van der Waals surface area (Å²) in [6.45, 7) is 2.02. The summed E-state index contributed by atoms with van der Waals surface area (Å²) in [5.41, 5.74) is 2.88. The quantitative estimate of drug-likeness (QED) is 0.446. The molecule has 8 heteroatoms. The Kier molecular flexibility index (Phi) is 4.73. The van der Waals surface area contributed by atoms with Gasteiger partial charge in [-0.1, -0.05) is 52.3 Å². The first-order valence-corrected chi connectivity index (χ1v) is 9.15. The summed E-state index contributed by atoms with van der Waals surface area (Å²) in [6, 6.07) is 15.2. The molecule has 0 saturated heterocycles. The Morgan fingerprint density at radius 3 is 2.69 bits per heavy atom. The van der Waals surface area contributed by atoms with Gasteiger partial charge in [0.05, 0.1) is 5.75 Å². The Morgan fingerprint density at radius 2 is 1.88 bits per heavy atom. The molecule has 0 N–H and O–H groups in total. The molecule has 2 aromatic carbocycles. The molecule has 0 spiro atoms. The Hall–Kier alpha value is -2.64. The molecule has 0 atom stereocenters. The second kappa shape index (κ2) is 7.31. The third kappa shape index (κ3) is 3.79. The average molecular weight is 385 g/mol. The molecule has 0 aliphatic carbocycles. The molecule has 2 heterocycles. The molecular weight excluding hydrogens is 372 g/mol. The Bertz CT molecular complexity index is 1030. The van der Waals surface area contributed by atoms with Crippen molar-refractivity contribution in [2.75, 3.05) is 0 Å². The lowest BCUT2D eigenvalue weighted by molar-refractivity contribution is 0.391. The van der Waals surface area contributed by atoms with Crippen molar-refractivity contribution in [1.82, 2.24) is 20.3 Å². The van der Waals surface area contributed by atoms with Crippen LogP contribution in [0.25, 0.3) is 22.8 Å². The second-order valence-corrected chi connectivity index (χ2v) is 6.91. The summed E-state index contributed by atoms with van der Waals surface area (Å²) < 4.78 is 10.9. The predicted molar refractivity (Wildman–Crippen MR) is 98.8 cm³/mol. The molecule has 0 aliphatic rings. The van der Waals surface area contributed by atoms with Crippen LogP contribution in [0.3, 0.4) is 0 Å². The zero-order chi connectivity index (χ0) is 17.9. The molecule has 0 amide bonds. The van der Waals surface area contributed by atoms with Gasteiger partial charge in [0.15, 0.2) is 0 Å². The summed E-state index contributed by atoms with van der Waals surface area (Å²) in [5.74, 6) is 1.95. The van der Waals surface area contributed by atoms with Gasteiger partial charge in [0.2, 0.25) is 17.6 Å². The Labute approximate surface area is 158 Å². The molecule has 6 nitrogen and oxygen atoms in total. The molecule has 26 heavy (non-hydrogen) atoms. The van der Waals surface area contributed by atoms with Crippen LogP contribution in [0.4, 0.5) is 0 Å². The van der Waals surface area contributed by atoms with Crippen molar-refractivity contribution in [3.05, 3.63) is 65.0 Å². The van der Waals surface area contributed by atoms with Crippen molar-refractivity contribution >= 4 is 23.4 Å². The number of hydrogen-bond donors (Lipinski definition) is 0. The molecule has 2 aromatic heterocycles. The van der Waals surface area contributed by atoms with E-state index < -0.39 is 0 Å². The molecular formula is C18H13ClN4O2S. The topological polar surface area (TPSA) is 77.8 Å². The van der Waals surface area contributed by atoms with Crippen LogP contribution >= 0.6 is 23.4 Å². The largest absolute Gasteiger partial charge is 0.411 e. The lowest BCUT2D eigenvalue weighted by Crippen LogP contribution is -1.84. The molecule has 0 unspecified atom stereocenters. The number of aryl methyl sites for hydroxylation is 1. The SMILES string of the molecule is Cc1cccc(-c2noc(CSc3nnc(-c4ccc(Cl)cc4)o3)n2)c1. The van der Waals surface area contributed by atoms with Crippen molar-refractivity contribution in [2.24, 2.45) is 0 Å². The van der Waals surface area contributed by atoms with Crippen LogP contribution in [-0.4, -0.2) is 20.3 Å². The molecule has 0 fully saturated rings. The highest BCUT2D eigenvalue weighted by molar-refractivity contribution is 7.98. The highest BCUT2D eigenvalue weighted by Crippen LogP contribution is 2.27. The standard InChI is InChI=1S/C18H13ClN4O2S/c1-11-3-2-4-13(9-11)16-20-15(25-23-16)10-26-18-22-21-17(24-18)12-5-7-14(19)8-6-12/h2-9H,10H2,1H3. The van der Waals surface area contributed by atoms with E-state index in [1.165, 1.54) is 11.8 Å². The number of thioether (sulfide) groups is 1. The smallest absolute Gasteiger partial charge is 0.277 e. The number of nitrogens with zero attached hydrogens (tertiary/aromatic N) is 4. The van der Waals surface area contributed by atoms with E-state index in [1.807, 2.05) is 43.3 Å². The number of halogens is 1. The van der Waals surface area contributed by atoms with Crippen LogP contribution in [0.15, 0.2) is 62.7 Å². The summed E-state index contributed by atoms with van der Waals surface area (Å²) >= 11 is 7.22. The van der Waals surface area contributed by atoms with Crippen LogP contribution in [0.2, 0.25) is 5.02 Å². The van der Waals surface area contributed by atoms with Gasteiger partial charge in [-0.25, -0.2) is 0 Å². The zero-order valence-corrected chi connectivity index (χ0v) is 15.3. The summed E-state index contributed by atoms with van der Waals surface area (Å²) in [5, 5.41) is 13.2. The van der Waals surface area contributed by atoms with Gasteiger partial charge in [-0.05, 0) is 37.3 Å². The monoisotopic (exact) mass is 384 g/mol. The third-order valence-electron chi connectivity index (χ3n) is 3.56. The Balaban J connectivity index is 1.43. The molecule has 0 saturated carbocycles. The van der Waals surface area contributed by atoms with Gasteiger partial charge in [-0.3, -0.25) is 0 Å². The van der Waals surface area contributed by atoms with Gasteiger partial charge < -0.3 is 8.94 Å². The van der Waals surface area contributed by atoms with Crippen LogP contribution in [0, 0.1) is 6.92 Å². The van der Waals surface area contributed by atoms with Crippen LogP contribution < -0.4 is 0 Å². The van der Waals surface area contributed by atoms with E-state index in [-0.39, 0.29) is 0 Å². The second-order valence-electron chi connectivity index (χ2n) is 5.55. The minimum atomic E-state index is 0.435. The van der Waals surface area contributed by atoms with E-state index in [2.05, 4.69) is 20.3 Å². The lowest BCUT2D eigenvalue weighted by Gasteiger charge is -1.95. The van der Waals surface area contributed by atoms with Crippen molar-refractivity contribution in [2.45, 2.75) is 17.9 Å². The first-order valence-electron chi connectivity index (χ1n) is 7.79. The maximum Gasteiger partial charge on any atom is 0.277 e. The van der Waals surface area contributed by atoms with E-state index in [4.69, 9.17) is 20.5 Å². The maximum atomic E-state index is 5.88. The first-order chi connectivity index (χ1) is 12.7. The number of rotatable bonds is 5. The van der Waals surface area contributed by atoms with Crippen molar-refractivity contribution in [3.8, 4) is 22.8 Å². The van der Waals surface area contributed by atoms with Gasteiger partial charge in [0.25, 0.3) is 5.22 Å². The maximum absolute atomic E-state index is 5.88. The van der Waals surface area contributed by atoms with E-state index in [9.17, 15) is 0 Å². The van der Waals surface area contributed by atoms with E-state index >= 15 is 0 Å². The fraction of sp³-hybridized carbons (Fsp3) is 0.111. The molecule has 130 valence electrons. The Morgan fingerprint density at radius 1 is 1.04 bits per heavy atom. The molecule has 0 bridgehead atoms. The summed E-state index contributed by atoms with van der Waals surface area (Å²) in [7, 11) is 0. The lowest BCUT2D eigenvalue weighted by atomic mass is 10.1. The van der Waals surface area contributed by atoms with Crippen molar-refractivity contribution < 1.29 is 8.94 Å². The van der Waals surface area contributed by atoms with E-state index in [0.717, 1.165) is 16.7 Å².